The van der Waals surface area contributed by atoms with Crippen LogP contribution in [0.5, 0.6) is 0 Å². The number of anilines is 1. The van der Waals surface area contributed by atoms with Gasteiger partial charge in [0.15, 0.2) is 0 Å². The zero-order valence-electron chi connectivity index (χ0n) is 12.2. The third-order valence-electron chi connectivity index (χ3n) is 5.80. The van der Waals surface area contributed by atoms with Gasteiger partial charge >= 0.3 is 5.69 Å². The molecule has 108 valence electrons. The van der Waals surface area contributed by atoms with Gasteiger partial charge in [-0.1, -0.05) is 13.8 Å². The summed E-state index contributed by atoms with van der Waals surface area (Å²) >= 11 is 0. The van der Waals surface area contributed by atoms with E-state index in [4.69, 9.17) is 5.73 Å². The molecule has 0 aromatic carbocycles. The van der Waals surface area contributed by atoms with E-state index in [1.807, 2.05) is 0 Å². The first-order chi connectivity index (χ1) is 9.30. The van der Waals surface area contributed by atoms with Crippen LogP contribution in [0.15, 0.2) is 4.79 Å². The highest BCUT2D eigenvalue weighted by Crippen LogP contribution is 2.69. The van der Waals surface area contributed by atoms with E-state index in [9.17, 15) is 4.79 Å². The van der Waals surface area contributed by atoms with Crippen molar-refractivity contribution in [1.29, 1.82) is 0 Å². The molecule has 4 saturated carbocycles. The first kappa shape index (κ1) is 12.4. The van der Waals surface area contributed by atoms with Crippen LogP contribution in [0.3, 0.4) is 0 Å². The van der Waals surface area contributed by atoms with Crippen LogP contribution < -0.4 is 11.4 Å². The number of aromatic nitrogens is 3. The summed E-state index contributed by atoms with van der Waals surface area (Å²) in [6, 6.07) is 0. The largest absolute Gasteiger partial charge is 0.368 e. The van der Waals surface area contributed by atoms with Crippen molar-refractivity contribution in [2.24, 2.45) is 16.7 Å². The SMILES string of the molecule is CC12CC3CC(C)(C1)CC(c1nc(N)nc(=O)[nH]1)(C3)C2. The van der Waals surface area contributed by atoms with Crippen LogP contribution in [0.1, 0.15) is 58.2 Å². The molecule has 20 heavy (non-hydrogen) atoms. The van der Waals surface area contributed by atoms with Crippen molar-refractivity contribution in [3.8, 4) is 0 Å². The van der Waals surface area contributed by atoms with Gasteiger partial charge in [0.05, 0.1) is 0 Å². The highest BCUT2D eigenvalue weighted by molar-refractivity contribution is 5.24. The van der Waals surface area contributed by atoms with Crippen molar-refractivity contribution < 1.29 is 0 Å². The molecule has 0 radical (unpaired) electrons. The van der Waals surface area contributed by atoms with Gasteiger partial charge in [0, 0.05) is 5.41 Å². The Balaban J connectivity index is 1.86. The van der Waals surface area contributed by atoms with Crippen LogP contribution in [0.2, 0.25) is 0 Å². The summed E-state index contributed by atoms with van der Waals surface area (Å²) < 4.78 is 0. The number of nitrogen functional groups attached to an aromatic ring is 1. The summed E-state index contributed by atoms with van der Waals surface area (Å²) in [4.78, 5) is 22.6. The number of hydrogen-bond acceptors (Lipinski definition) is 4. The Morgan fingerprint density at radius 3 is 2.30 bits per heavy atom. The predicted molar refractivity (Wildman–Crippen MR) is 76.1 cm³/mol. The van der Waals surface area contributed by atoms with Crippen molar-refractivity contribution in [3.63, 3.8) is 0 Å². The van der Waals surface area contributed by atoms with E-state index < -0.39 is 0 Å². The van der Waals surface area contributed by atoms with E-state index >= 15 is 0 Å². The summed E-state index contributed by atoms with van der Waals surface area (Å²) in [6.07, 6.45) is 7.36. The fourth-order valence-corrected chi connectivity index (χ4v) is 6.36. The third-order valence-corrected chi connectivity index (χ3v) is 5.80. The molecular formula is C15H22N4O. The van der Waals surface area contributed by atoms with Crippen LogP contribution >= 0.6 is 0 Å². The molecule has 4 aliphatic carbocycles. The van der Waals surface area contributed by atoms with Gasteiger partial charge in [-0.2, -0.15) is 9.97 Å². The van der Waals surface area contributed by atoms with Gasteiger partial charge in [-0.05, 0) is 55.3 Å². The average molecular weight is 274 g/mol. The Morgan fingerprint density at radius 1 is 1.10 bits per heavy atom. The minimum absolute atomic E-state index is 0.0130. The second-order valence-corrected chi connectivity index (χ2v) is 8.27. The first-order valence-corrected chi connectivity index (χ1v) is 7.54. The summed E-state index contributed by atoms with van der Waals surface area (Å²) in [6.45, 7) is 4.82. The Bertz CT molecular complexity index is 619. The maximum absolute atomic E-state index is 11.7. The van der Waals surface area contributed by atoms with Gasteiger partial charge < -0.3 is 5.73 Å². The Hall–Kier alpha value is -1.39. The van der Waals surface area contributed by atoms with E-state index in [0.29, 0.717) is 10.8 Å². The lowest BCUT2D eigenvalue weighted by atomic mass is 9.40. The molecule has 0 aliphatic heterocycles. The quantitative estimate of drug-likeness (QED) is 0.820. The fraction of sp³-hybridized carbons (Fsp3) is 0.800. The molecule has 1 aromatic heterocycles. The highest BCUT2D eigenvalue weighted by Gasteiger charge is 2.61. The molecule has 1 aromatic rings. The molecule has 5 heteroatoms. The number of nitrogens with one attached hydrogen (secondary N) is 1. The first-order valence-electron chi connectivity index (χ1n) is 7.54. The molecule has 0 amide bonds. The molecule has 5 rings (SSSR count). The number of hydrogen-bond donors (Lipinski definition) is 2. The van der Waals surface area contributed by atoms with Gasteiger partial charge in [0.2, 0.25) is 5.95 Å². The van der Waals surface area contributed by atoms with Crippen LogP contribution in [0, 0.1) is 16.7 Å². The lowest BCUT2D eigenvalue weighted by molar-refractivity contribution is -0.112. The summed E-state index contributed by atoms with van der Waals surface area (Å²) in [5.74, 6) is 1.66. The van der Waals surface area contributed by atoms with E-state index in [0.717, 1.165) is 31.0 Å². The minimum atomic E-state index is -0.362. The van der Waals surface area contributed by atoms with Gasteiger partial charge in [-0.3, -0.25) is 4.98 Å². The van der Waals surface area contributed by atoms with Gasteiger partial charge in [0.1, 0.15) is 5.82 Å². The predicted octanol–water partition coefficient (Wildman–Crippen LogP) is 2.00. The van der Waals surface area contributed by atoms with Crippen LogP contribution in [0.4, 0.5) is 5.95 Å². The Morgan fingerprint density at radius 2 is 1.75 bits per heavy atom. The van der Waals surface area contributed by atoms with Crippen molar-refractivity contribution in [1.82, 2.24) is 15.0 Å². The lowest BCUT2D eigenvalue weighted by Gasteiger charge is -2.64. The molecule has 3 N–H and O–H groups in total. The van der Waals surface area contributed by atoms with Crippen molar-refractivity contribution in [3.05, 3.63) is 16.3 Å². The molecule has 5 nitrogen and oxygen atoms in total. The maximum atomic E-state index is 11.7. The number of nitrogens with zero attached hydrogens (tertiary/aromatic N) is 2. The smallest absolute Gasteiger partial charge is 0.349 e. The summed E-state index contributed by atoms with van der Waals surface area (Å²) in [5, 5.41) is 0. The van der Waals surface area contributed by atoms with Crippen molar-refractivity contribution >= 4 is 5.95 Å². The fourth-order valence-electron chi connectivity index (χ4n) is 6.36. The maximum Gasteiger partial charge on any atom is 0.349 e. The number of nitrogens with two attached hydrogens (primary N) is 1. The van der Waals surface area contributed by atoms with E-state index in [2.05, 4.69) is 28.8 Å². The standard InChI is InChI=1S/C15H22N4O/c1-13-3-9-4-14(2,6-13)8-15(5-9,7-13)10-17-11(16)19-12(20)18-10/h9H,3-8H2,1-2H3,(H3,16,17,18,19,20). The Kier molecular flexibility index (Phi) is 2.12. The monoisotopic (exact) mass is 274 g/mol. The Labute approximate surface area is 118 Å². The zero-order valence-corrected chi connectivity index (χ0v) is 12.2. The topological polar surface area (TPSA) is 84.7 Å². The zero-order chi connectivity index (χ0) is 14.2. The van der Waals surface area contributed by atoms with Crippen LogP contribution in [-0.4, -0.2) is 15.0 Å². The normalized spacial score (nSPS) is 45.8. The van der Waals surface area contributed by atoms with Crippen molar-refractivity contribution in [2.45, 2.75) is 57.8 Å². The summed E-state index contributed by atoms with van der Waals surface area (Å²) in [7, 11) is 0. The number of H-pyrrole nitrogens is 1. The third kappa shape index (κ3) is 1.64. The minimum Gasteiger partial charge on any atom is -0.368 e. The van der Waals surface area contributed by atoms with Gasteiger partial charge in [-0.25, -0.2) is 4.79 Å². The van der Waals surface area contributed by atoms with E-state index in [1.165, 1.54) is 19.3 Å². The molecule has 4 bridgehead atoms. The molecular weight excluding hydrogens is 252 g/mol. The van der Waals surface area contributed by atoms with E-state index in [1.54, 1.807) is 0 Å². The number of aromatic amines is 1. The van der Waals surface area contributed by atoms with Gasteiger partial charge in [-0.15, -0.1) is 0 Å². The molecule has 0 spiro atoms. The lowest BCUT2D eigenvalue weighted by Crippen LogP contribution is -2.57. The molecule has 1 heterocycles. The van der Waals surface area contributed by atoms with Crippen molar-refractivity contribution in [2.75, 3.05) is 5.73 Å². The molecule has 2 atom stereocenters. The summed E-state index contributed by atoms with van der Waals surface area (Å²) in [5.41, 5.74) is 6.14. The molecule has 4 fully saturated rings. The van der Waals surface area contributed by atoms with E-state index in [-0.39, 0.29) is 17.1 Å². The van der Waals surface area contributed by atoms with Crippen LogP contribution in [0.25, 0.3) is 0 Å². The molecule has 4 aliphatic rings. The highest BCUT2D eigenvalue weighted by atomic mass is 16.1. The number of rotatable bonds is 1. The molecule has 2 unspecified atom stereocenters. The second kappa shape index (κ2) is 3.43. The van der Waals surface area contributed by atoms with Gasteiger partial charge in [0.25, 0.3) is 0 Å². The second-order valence-electron chi connectivity index (χ2n) is 8.27. The average Bonchev–Trinajstić information content (AvgIpc) is 2.22. The van der Waals surface area contributed by atoms with Crippen LogP contribution in [-0.2, 0) is 5.41 Å². The molecule has 0 saturated heterocycles.